The first-order chi connectivity index (χ1) is 12.0. The second kappa shape index (κ2) is 7.21. The average molecular weight is 336 g/mol. The number of para-hydroxylation sites is 1. The Morgan fingerprint density at radius 2 is 1.84 bits per heavy atom. The molecule has 2 aromatic carbocycles. The average Bonchev–Trinajstić information content (AvgIpc) is 3.05. The van der Waals surface area contributed by atoms with Crippen molar-refractivity contribution < 1.29 is 14.3 Å². The number of carbonyl (C=O) groups is 2. The molecule has 2 N–H and O–H groups in total. The number of amides is 1. The topological polar surface area (TPSA) is 71.2 Å². The van der Waals surface area contributed by atoms with Crippen molar-refractivity contribution in [1.82, 2.24) is 10.3 Å². The predicted octanol–water partition coefficient (Wildman–Crippen LogP) is 3.34. The van der Waals surface area contributed by atoms with Crippen LogP contribution in [0.25, 0.3) is 10.9 Å². The van der Waals surface area contributed by atoms with Crippen LogP contribution in [0.4, 0.5) is 0 Å². The van der Waals surface area contributed by atoms with Gasteiger partial charge >= 0.3 is 5.97 Å². The summed E-state index contributed by atoms with van der Waals surface area (Å²) in [4.78, 5) is 27.3. The van der Waals surface area contributed by atoms with Crippen LogP contribution in [0, 0.1) is 6.92 Å². The molecule has 0 saturated heterocycles. The molecule has 1 aromatic heterocycles. The summed E-state index contributed by atoms with van der Waals surface area (Å²) < 4.78 is 5.25. The summed E-state index contributed by atoms with van der Waals surface area (Å²) in [6.07, 6.45) is -0.871. The Bertz CT molecular complexity index is 864. The van der Waals surface area contributed by atoms with E-state index in [2.05, 4.69) is 10.3 Å². The van der Waals surface area contributed by atoms with E-state index in [1.807, 2.05) is 55.5 Å². The van der Waals surface area contributed by atoms with Crippen LogP contribution in [0.1, 0.15) is 28.5 Å². The summed E-state index contributed by atoms with van der Waals surface area (Å²) in [5.74, 6) is -0.876. The van der Waals surface area contributed by atoms with Gasteiger partial charge in [-0.15, -0.1) is 0 Å². The Morgan fingerprint density at radius 1 is 1.12 bits per heavy atom. The number of nitrogens with one attached hydrogen (secondary N) is 2. The molecule has 0 unspecified atom stereocenters. The highest BCUT2D eigenvalue weighted by atomic mass is 16.5. The first-order valence-corrected chi connectivity index (χ1v) is 8.15. The summed E-state index contributed by atoms with van der Waals surface area (Å²) in [6.45, 7) is 3.96. The maximum atomic E-state index is 12.2. The highest BCUT2D eigenvalue weighted by molar-refractivity contribution is 5.96. The summed E-state index contributed by atoms with van der Waals surface area (Å²) in [5.41, 5.74) is 3.34. The highest BCUT2D eigenvalue weighted by Crippen LogP contribution is 2.15. The quantitative estimate of drug-likeness (QED) is 0.702. The molecule has 1 atom stereocenters. The van der Waals surface area contributed by atoms with Crippen LogP contribution >= 0.6 is 0 Å². The molecule has 1 heterocycles. The molecule has 0 aliphatic rings. The minimum absolute atomic E-state index is 0.329. The summed E-state index contributed by atoms with van der Waals surface area (Å²) in [7, 11) is 0. The molecule has 3 rings (SSSR count). The molecule has 25 heavy (non-hydrogen) atoms. The SMILES string of the molecule is Cc1ccc(CNC(=O)[C@H](C)OC(=O)c2cc3ccccc3[nH]2)cc1. The molecule has 0 spiro atoms. The standard InChI is InChI=1S/C20H20N2O3/c1-13-7-9-15(10-8-13)12-21-19(23)14(2)25-20(24)18-11-16-5-3-4-6-17(16)22-18/h3-11,14,22H,12H2,1-2H3,(H,21,23)/t14-/m0/s1. The zero-order chi connectivity index (χ0) is 17.8. The van der Waals surface area contributed by atoms with Gasteiger partial charge in [0, 0.05) is 17.4 Å². The Hall–Kier alpha value is -3.08. The van der Waals surface area contributed by atoms with Crippen molar-refractivity contribution in [3.05, 3.63) is 71.4 Å². The Balaban J connectivity index is 1.56. The van der Waals surface area contributed by atoms with Crippen LogP contribution < -0.4 is 5.32 Å². The van der Waals surface area contributed by atoms with Crippen molar-refractivity contribution in [3.63, 3.8) is 0 Å². The number of aryl methyl sites for hydroxylation is 1. The number of benzene rings is 2. The fourth-order valence-corrected chi connectivity index (χ4v) is 2.50. The summed E-state index contributed by atoms with van der Waals surface area (Å²) in [6, 6.07) is 17.2. The molecule has 1 amide bonds. The lowest BCUT2D eigenvalue weighted by atomic mass is 10.1. The van der Waals surface area contributed by atoms with E-state index in [-0.39, 0.29) is 5.91 Å². The highest BCUT2D eigenvalue weighted by Gasteiger charge is 2.19. The second-order valence-electron chi connectivity index (χ2n) is 6.02. The van der Waals surface area contributed by atoms with Gasteiger partial charge in [-0.2, -0.15) is 0 Å². The third-order valence-corrected chi connectivity index (χ3v) is 3.99. The minimum atomic E-state index is -0.871. The van der Waals surface area contributed by atoms with Crippen LogP contribution in [0.2, 0.25) is 0 Å². The molecule has 0 bridgehead atoms. The summed E-state index contributed by atoms with van der Waals surface area (Å²) >= 11 is 0. The van der Waals surface area contributed by atoms with Crippen molar-refractivity contribution in [2.45, 2.75) is 26.5 Å². The Morgan fingerprint density at radius 3 is 2.56 bits per heavy atom. The van der Waals surface area contributed by atoms with E-state index < -0.39 is 12.1 Å². The van der Waals surface area contributed by atoms with Crippen molar-refractivity contribution >= 4 is 22.8 Å². The van der Waals surface area contributed by atoms with Crippen molar-refractivity contribution in [3.8, 4) is 0 Å². The van der Waals surface area contributed by atoms with E-state index in [1.54, 1.807) is 13.0 Å². The number of fused-ring (bicyclic) bond motifs is 1. The number of aromatic amines is 1. The zero-order valence-corrected chi connectivity index (χ0v) is 14.2. The Labute approximate surface area is 146 Å². The maximum absolute atomic E-state index is 12.2. The second-order valence-corrected chi connectivity index (χ2v) is 6.02. The number of rotatable bonds is 5. The number of aromatic nitrogens is 1. The van der Waals surface area contributed by atoms with Gasteiger partial charge in [-0.1, -0.05) is 48.0 Å². The van der Waals surface area contributed by atoms with Gasteiger partial charge in [-0.05, 0) is 31.5 Å². The van der Waals surface area contributed by atoms with E-state index in [9.17, 15) is 9.59 Å². The van der Waals surface area contributed by atoms with E-state index >= 15 is 0 Å². The largest absolute Gasteiger partial charge is 0.448 e. The number of H-pyrrole nitrogens is 1. The fraction of sp³-hybridized carbons (Fsp3) is 0.200. The number of carbonyl (C=O) groups excluding carboxylic acids is 2. The molecule has 0 aliphatic heterocycles. The number of esters is 1. The molecular formula is C20H20N2O3. The van der Waals surface area contributed by atoms with E-state index in [4.69, 9.17) is 4.74 Å². The van der Waals surface area contributed by atoms with Gasteiger partial charge in [-0.3, -0.25) is 4.79 Å². The number of ether oxygens (including phenoxy) is 1. The molecule has 5 nitrogen and oxygen atoms in total. The molecule has 0 aliphatic carbocycles. The smallest absolute Gasteiger partial charge is 0.355 e. The number of hydrogen-bond donors (Lipinski definition) is 2. The Kier molecular flexibility index (Phi) is 4.84. The fourth-order valence-electron chi connectivity index (χ4n) is 2.50. The van der Waals surface area contributed by atoms with Crippen LogP contribution in [0.3, 0.4) is 0 Å². The lowest BCUT2D eigenvalue weighted by Crippen LogP contribution is -2.35. The maximum Gasteiger partial charge on any atom is 0.355 e. The van der Waals surface area contributed by atoms with E-state index in [0.29, 0.717) is 12.2 Å². The van der Waals surface area contributed by atoms with Gasteiger partial charge in [0.25, 0.3) is 5.91 Å². The predicted molar refractivity (Wildman–Crippen MR) is 96.2 cm³/mol. The molecule has 0 saturated carbocycles. The normalized spacial score (nSPS) is 11.9. The van der Waals surface area contributed by atoms with Crippen LogP contribution in [0.15, 0.2) is 54.6 Å². The summed E-state index contributed by atoms with van der Waals surface area (Å²) in [5, 5.41) is 3.70. The lowest BCUT2D eigenvalue weighted by molar-refractivity contribution is -0.129. The van der Waals surface area contributed by atoms with Gasteiger partial charge in [0.05, 0.1) is 0 Å². The number of hydrogen-bond acceptors (Lipinski definition) is 3. The molecule has 0 radical (unpaired) electrons. The van der Waals surface area contributed by atoms with Gasteiger partial charge in [0.2, 0.25) is 0 Å². The van der Waals surface area contributed by atoms with Crippen LogP contribution in [-0.4, -0.2) is 23.0 Å². The molecular weight excluding hydrogens is 316 g/mol. The van der Waals surface area contributed by atoms with E-state index in [0.717, 1.165) is 22.0 Å². The van der Waals surface area contributed by atoms with Crippen LogP contribution in [-0.2, 0) is 16.1 Å². The van der Waals surface area contributed by atoms with E-state index in [1.165, 1.54) is 0 Å². The van der Waals surface area contributed by atoms with Crippen molar-refractivity contribution in [2.24, 2.45) is 0 Å². The first-order valence-electron chi connectivity index (χ1n) is 8.15. The molecule has 5 heteroatoms. The van der Waals surface area contributed by atoms with Gasteiger partial charge in [-0.25, -0.2) is 4.79 Å². The molecule has 3 aromatic rings. The third-order valence-electron chi connectivity index (χ3n) is 3.99. The first kappa shape index (κ1) is 16.8. The van der Waals surface area contributed by atoms with Crippen molar-refractivity contribution in [2.75, 3.05) is 0 Å². The molecule has 0 fully saturated rings. The van der Waals surface area contributed by atoms with Gasteiger partial charge < -0.3 is 15.0 Å². The third kappa shape index (κ3) is 4.07. The zero-order valence-electron chi connectivity index (χ0n) is 14.2. The van der Waals surface area contributed by atoms with Gasteiger partial charge in [0.1, 0.15) is 5.69 Å². The van der Waals surface area contributed by atoms with Crippen LogP contribution in [0.5, 0.6) is 0 Å². The monoisotopic (exact) mass is 336 g/mol. The van der Waals surface area contributed by atoms with Crippen molar-refractivity contribution in [1.29, 1.82) is 0 Å². The minimum Gasteiger partial charge on any atom is -0.448 e. The molecule has 128 valence electrons. The van der Waals surface area contributed by atoms with Gasteiger partial charge in [0.15, 0.2) is 6.10 Å². The lowest BCUT2D eigenvalue weighted by Gasteiger charge is -2.13.